The molecule has 0 atom stereocenters. The van der Waals surface area contributed by atoms with E-state index in [1.807, 2.05) is 0 Å². The molecule has 0 heterocycles. The first-order valence-corrected chi connectivity index (χ1v) is 3.88. The molecule has 76 valence electrons. The molecule has 1 aromatic rings. The van der Waals surface area contributed by atoms with Crippen molar-refractivity contribution in [3.8, 4) is 0 Å². The Morgan fingerprint density at radius 1 is 1.36 bits per heavy atom. The third kappa shape index (κ3) is 2.38. The van der Waals surface area contributed by atoms with Crippen LogP contribution in [0.1, 0.15) is 5.56 Å². The lowest BCUT2D eigenvalue weighted by atomic mass is 10.1. The van der Waals surface area contributed by atoms with Crippen molar-refractivity contribution in [3.63, 3.8) is 0 Å². The van der Waals surface area contributed by atoms with Crippen molar-refractivity contribution in [2.45, 2.75) is 6.18 Å². The minimum atomic E-state index is -4.70. The number of rotatable bonds is 1. The van der Waals surface area contributed by atoms with Gasteiger partial charge in [-0.2, -0.15) is 13.2 Å². The standard InChI is InChI=1S/C8H5ClF3NO/c9-6-3-1-2-5(4-6)7(13-14)8(10,11)12/h1-4,14H. The fourth-order valence-electron chi connectivity index (χ4n) is 0.914. The second-order valence-corrected chi connectivity index (χ2v) is 2.89. The van der Waals surface area contributed by atoms with Gasteiger partial charge in [0.15, 0.2) is 5.71 Å². The third-order valence-corrected chi connectivity index (χ3v) is 1.70. The van der Waals surface area contributed by atoms with E-state index in [1.165, 1.54) is 12.1 Å². The summed E-state index contributed by atoms with van der Waals surface area (Å²) in [5.74, 6) is 0. The Morgan fingerprint density at radius 3 is 2.43 bits per heavy atom. The van der Waals surface area contributed by atoms with E-state index in [9.17, 15) is 13.2 Å². The summed E-state index contributed by atoms with van der Waals surface area (Å²) in [7, 11) is 0. The predicted octanol–water partition coefficient (Wildman–Crippen LogP) is 3.08. The average Bonchev–Trinajstić information content (AvgIpc) is 2.02. The van der Waals surface area contributed by atoms with Gasteiger partial charge in [0, 0.05) is 10.6 Å². The van der Waals surface area contributed by atoms with Crippen molar-refractivity contribution in [3.05, 3.63) is 34.9 Å². The van der Waals surface area contributed by atoms with Gasteiger partial charge >= 0.3 is 6.18 Å². The monoisotopic (exact) mass is 223 g/mol. The summed E-state index contributed by atoms with van der Waals surface area (Å²) in [4.78, 5) is 0. The summed E-state index contributed by atoms with van der Waals surface area (Å²) in [6.45, 7) is 0. The molecule has 0 unspecified atom stereocenters. The van der Waals surface area contributed by atoms with E-state index in [-0.39, 0.29) is 10.6 Å². The van der Waals surface area contributed by atoms with E-state index in [0.717, 1.165) is 12.1 Å². The second kappa shape index (κ2) is 3.88. The van der Waals surface area contributed by atoms with E-state index in [0.29, 0.717) is 0 Å². The molecule has 0 aliphatic rings. The topological polar surface area (TPSA) is 32.6 Å². The first-order chi connectivity index (χ1) is 6.45. The molecule has 2 nitrogen and oxygen atoms in total. The molecule has 0 saturated heterocycles. The molecular weight excluding hydrogens is 219 g/mol. The Hall–Kier alpha value is -1.23. The Bertz CT molecular complexity index is 362. The quantitative estimate of drug-likeness (QED) is 0.443. The van der Waals surface area contributed by atoms with Gasteiger partial charge in [0.05, 0.1) is 0 Å². The largest absolute Gasteiger partial charge is 0.437 e. The summed E-state index contributed by atoms with van der Waals surface area (Å²) in [5.41, 5.74) is -1.63. The van der Waals surface area contributed by atoms with Crippen molar-refractivity contribution >= 4 is 17.3 Å². The Kier molecular flexibility index (Phi) is 3.00. The summed E-state index contributed by atoms with van der Waals surface area (Å²) in [5, 5.41) is 10.6. The van der Waals surface area contributed by atoms with Crippen molar-refractivity contribution in [2.75, 3.05) is 0 Å². The van der Waals surface area contributed by atoms with Crippen LogP contribution in [0.4, 0.5) is 13.2 Å². The van der Waals surface area contributed by atoms with Crippen LogP contribution in [0.2, 0.25) is 5.02 Å². The number of hydrogen-bond donors (Lipinski definition) is 1. The van der Waals surface area contributed by atoms with Crippen molar-refractivity contribution in [1.29, 1.82) is 0 Å². The molecule has 0 aliphatic carbocycles. The number of nitrogens with zero attached hydrogens (tertiary/aromatic N) is 1. The summed E-state index contributed by atoms with van der Waals surface area (Å²) >= 11 is 5.49. The molecule has 0 saturated carbocycles. The fourth-order valence-corrected chi connectivity index (χ4v) is 1.10. The Balaban J connectivity index is 3.16. The van der Waals surface area contributed by atoms with Crippen LogP contribution in [0.5, 0.6) is 0 Å². The number of benzene rings is 1. The zero-order valence-corrected chi connectivity index (χ0v) is 7.47. The van der Waals surface area contributed by atoms with Gasteiger partial charge in [-0.3, -0.25) is 0 Å². The zero-order valence-electron chi connectivity index (χ0n) is 6.72. The average molecular weight is 224 g/mol. The fraction of sp³-hybridized carbons (Fsp3) is 0.125. The van der Waals surface area contributed by atoms with E-state index in [1.54, 1.807) is 0 Å². The molecule has 0 bridgehead atoms. The molecular formula is C8H5ClF3NO. The number of oxime groups is 1. The maximum absolute atomic E-state index is 12.2. The molecule has 14 heavy (non-hydrogen) atoms. The minimum absolute atomic E-state index is 0.146. The summed E-state index contributed by atoms with van der Waals surface area (Å²) < 4.78 is 36.6. The molecule has 1 rings (SSSR count). The highest BCUT2D eigenvalue weighted by Gasteiger charge is 2.37. The maximum atomic E-state index is 12.2. The van der Waals surface area contributed by atoms with Crippen LogP contribution < -0.4 is 0 Å². The van der Waals surface area contributed by atoms with Crippen LogP contribution in [0, 0.1) is 0 Å². The second-order valence-electron chi connectivity index (χ2n) is 2.46. The van der Waals surface area contributed by atoms with E-state index in [4.69, 9.17) is 16.8 Å². The first kappa shape index (κ1) is 10.8. The molecule has 0 aromatic heterocycles. The Labute approximate surface area is 82.6 Å². The first-order valence-electron chi connectivity index (χ1n) is 3.50. The van der Waals surface area contributed by atoms with Crippen LogP contribution in [0.15, 0.2) is 29.4 Å². The molecule has 0 fully saturated rings. The molecule has 1 aromatic carbocycles. The number of alkyl halides is 3. The lowest BCUT2D eigenvalue weighted by Crippen LogP contribution is -2.23. The van der Waals surface area contributed by atoms with Gasteiger partial charge in [0.2, 0.25) is 0 Å². The maximum Gasteiger partial charge on any atom is 0.437 e. The normalized spacial score (nSPS) is 13.0. The van der Waals surface area contributed by atoms with Crippen LogP contribution >= 0.6 is 11.6 Å². The molecule has 1 N–H and O–H groups in total. The molecule has 0 aliphatic heterocycles. The van der Waals surface area contributed by atoms with Gasteiger partial charge < -0.3 is 5.21 Å². The molecule has 0 spiro atoms. The van der Waals surface area contributed by atoms with Gasteiger partial charge in [-0.1, -0.05) is 28.9 Å². The van der Waals surface area contributed by atoms with Crippen molar-refractivity contribution < 1.29 is 18.4 Å². The van der Waals surface area contributed by atoms with E-state index >= 15 is 0 Å². The predicted molar refractivity (Wildman–Crippen MR) is 45.8 cm³/mol. The molecule has 6 heteroatoms. The van der Waals surface area contributed by atoms with Gasteiger partial charge in [-0.15, -0.1) is 0 Å². The summed E-state index contributed by atoms with van der Waals surface area (Å²) in [6.07, 6.45) is -4.70. The van der Waals surface area contributed by atoms with Crippen LogP contribution in [0.25, 0.3) is 0 Å². The van der Waals surface area contributed by atoms with Gasteiger partial charge in [0.25, 0.3) is 0 Å². The zero-order chi connectivity index (χ0) is 10.8. The number of halogens is 4. The lowest BCUT2D eigenvalue weighted by Gasteiger charge is -2.08. The highest BCUT2D eigenvalue weighted by atomic mass is 35.5. The van der Waals surface area contributed by atoms with E-state index < -0.39 is 11.9 Å². The van der Waals surface area contributed by atoms with Crippen molar-refractivity contribution in [2.24, 2.45) is 5.16 Å². The van der Waals surface area contributed by atoms with Crippen molar-refractivity contribution in [1.82, 2.24) is 0 Å². The minimum Gasteiger partial charge on any atom is -0.410 e. The van der Waals surface area contributed by atoms with Crippen LogP contribution in [-0.2, 0) is 0 Å². The third-order valence-electron chi connectivity index (χ3n) is 1.47. The number of hydrogen-bond acceptors (Lipinski definition) is 2. The highest BCUT2D eigenvalue weighted by Crippen LogP contribution is 2.23. The van der Waals surface area contributed by atoms with Crippen LogP contribution in [0.3, 0.4) is 0 Å². The van der Waals surface area contributed by atoms with E-state index in [2.05, 4.69) is 5.16 Å². The highest BCUT2D eigenvalue weighted by molar-refractivity contribution is 6.31. The SMILES string of the molecule is ON=C(c1cccc(Cl)c1)C(F)(F)F. The smallest absolute Gasteiger partial charge is 0.410 e. The van der Waals surface area contributed by atoms with Gasteiger partial charge in [-0.05, 0) is 12.1 Å². The Morgan fingerprint density at radius 2 is 2.00 bits per heavy atom. The molecule has 0 amide bonds. The van der Waals surface area contributed by atoms with Gasteiger partial charge in [-0.25, -0.2) is 0 Å². The lowest BCUT2D eigenvalue weighted by molar-refractivity contribution is -0.0601. The molecule has 0 radical (unpaired) electrons. The van der Waals surface area contributed by atoms with Crippen LogP contribution in [-0.4, -0.2) is 17.1 Å². The van der Waals surface area contributed by atoms with Gasteiger partial charge in [0.1, 0.15) is 0 Å². The summed E-state index contributed by atoms with van der Waals surface area (Å²) in [6, 6.07) is 5.00.